The first-order valence-corrected chi connectivity index (χ1v) is 11.6. The number of hydrogen-bond acceptors (Lipinski definition) is 4. The fourth-order valence-electron chi connectivity index (χ4n) is 4.21. The molecule has 1 aliphatic heterocycles. The molecule has 31 heavy (non-hydrogen) atoms. The van der Waals surface area contributed by atoms with E-state index in [9.17, 15) is 4.39 Å². The third-order valence-electron chi connectivity index (χ3n) is 5.62. The van der Waals surface area contributed by atoms with Crippen LogP contribution in [0.2, 0.25) is 0 Å². The third kappa shape index (κ3) is 5.56. The van der Waals surface area contributed by atoms with Crippen molar-refractivity contribution in [1.82, 2.24) is 9.55 Å². The van der Waals surface area contributed by atoms with Gasteiger partial charge in [0.05, 0.1) is 25.6 Å². The molecule has 0 radical (unpaired) electrons. The minimum absolute atomic E-state index is 0.0156. The molecule has 4 rings (SSSR count). The Kier molecular flexibility index (Phi) is 6.80. The van der Waals surface area contributed by atoms with Crippen molar-refractivity contribution < 1.29 is 13.9 Å². The van der Waals surface area contributed by atoms with Crippen LogP contribution < -0.4 is 0 Å². The van der Waals surface area contributed by atoms with Gasteiger partial charge in [-0.3, -0.25) is 0 Å². The second-order valence-electron chi connectivity index (χ2n) is 8.36. The van der Waals surface area contributed by atoms with Crippen LogP contribution in [0.5, 0.6) is 0 Å². The molecular formula is C25H29FN2O2S. The highest BCUT2D eigenvalue weighted by atomic mass is 32.2. The van der Waals surface area contributed by atoms with Gasteiger partial charge in [0.1, 0.15) is 5.82 Å². The summed E-state index contributed by atoms with van der Waals surface area (Å²) in [4.78, 5) is 5.48. The molecule has 2 aromatic carbocycles. The Morgan fingerprint density at radius 2 is 1.90 bits per heavy atom. The van der Waals surface area contributed by atoms with Crippen molar-refractivity contribution in [2.75, 3.05) is 12.4 Å². The van der Waals surface area contributed by atoms with E-state index in [-0.39, 0.29) is 11.9 Å². The number of imidazole rings is 1. The molecular weight excluding hydrogens is 411 g/mol. The molecule has 6 heteroatoms. The van der Waals surface area contributed by atoms with Gasteiger partial charge in [0.25, 0.3) is 0 Å². The number of benzene rings is 2. The van der Waals surface area contributed by atoms with Crippen molar-refractivity contribution in [2.24, 2.45) is 0 Å². The highest BCUT2D eigenvalue weighted by Crippen LogP contribution is 2.35. The lowest BCUT2D eigenvalue weighted by atomic mass is 10.0. The first kappa shape index (κ1) is 22.1. The van der Waals surface area contributed by atoms with Gasteiger partial charge in [0.2, 0.25) is 0 Å². The molecule has 2 heterocycles. The zero-order valence-electron chi connectivity index (χ0n) is 18.3. The summed E-state index contributed by atoms with van der Waals surface area (Å²) in [6, 6.07) is 11.1. The molecule has 0 saturated carbocycles. The Bertz CT molecular complexity index is 984. The minimum atomic E-state index is -0.711. The van der Waals surface area contributed by atoms with Crippen LogP contribution in [0.1, 0.15) is 28.7 Å². The van der Waals surface area contributed by atoms with Crippen LogP contribution in [0.25, 0.3) is 0 Å². The van der Waals surface area contributed by atoms with Crippen LogP contribution >= 0.6 is 11.8 Å². The van der Waals surface area contributed by atoms with Gasteiger partial charge in [-0.25, -0.2) is 9.37 Å². The molecule has 4 nitrogen and oxygen atoms in total. The molecule has 1 aliphatic rings. The molecule has 2 atom stereocenters. The van der Waals surface area contributed by atoms with Crippen molar-refractivity contribution in [3.8, 4) is 0 Å². The predicted octanol–water partition coefficient (Wildman–Crippen LogP) is 5.48. The van der Waals surface area contributed by atoms with Crippen LogP contribution in [0.3, 0.4) is 0 Å². The van der Waals surface area contributed by atoms with Crippen LogP contribution in [-0.2, 0) is 22.4 Å². The summed E-state index contributed by atoms with van der Waals surface area (Å²) in [6.45, 7) is 7.61. The Morgan fingerprint density at radius 1 is 1.16 bits per heavy atom. The van der Waals surface area contributed by atoms with E-state index in [0.717, 1.165) is 17.7 Å². The Labute approximate surface area is 187 Å². The van der Waals surface area contributed by atoms with E-state index in [1.165, 1.54) is 33.7 Å². The van der Waals surface area contributed by atoms with Gasteiger partial charge in [-0.2, -0.15) is 0 Å². The van der Waals surface area contributed by atoms with E-state index < -0.39 is 5.79 Å². The normalized spacial score (nSPS) is 21.0. The van der Waals surface area contributed by atoms with E-state index in [1.807, 2.05) is 34.7 Å². The average molecular weight is 441 g/mol. The van der Waals surface area contributed by atoms with Gasteiger partial charge in [0, 0.05) is 29.5 Å². The fraction of sp³-hybridized carbons (Fsp3) is 0.400. The van der Waals surface area contributed by atoms with Crippen molar-refractivity contribution in [3.05, 3.63) is 83.2 Å². The lowest BCUT2D eigenvalue weighted by molar-refractivity contribution is -0.180. The average Bonchev–Trinajstić information content (AvgIpc) is 3.37. The molecule has 1 fully saturated rings. The number of ether oxygens (including phenoxy) is 2. The third-order valence-corrected chi connectivity index (χ3v) is 7.09. The van der Waals surface area contributed by atoms with Crippen LogP contribution in [-0.4, -0.2) is 33.8 Å². The maximum absolute atomic E-state index is 13.2. The monoisotopic (exact) mass is 440 g/mol. The maximum Gasteiger partial charge on any atom is 0.187 e. The molecule has 3 aromatic rings. The maximum atomic E-state index is 13.2. The molecule has 0 aliphatic carbocycles. The summed E-state index contributed by atoms with van der Waals surface area (Å²) in [7, 11) is 0. The van der Waals surface area contributed by atoms with Crippen molar-refractivity contribution in [1.29, 1.82) is 0 Å². The number of rotatable bonds is 8. The van der Waals surface area contributed by atoms with Gasteiger partial charge >= 0.3 is 0 Å². The molecule has 0 bridgehead atoms. The SMILES string of the molecule is Cc1cc(C)c(SCC2COC(CCc3ccc(F)cc3)(Cn3ccnc3)O2)c(C)c1. The van der Waals surface area contributed by atoms with Gasteiger partial charge < -0.3 is 14.0 Å². The highest BCUT2D eigenvalue weighted by Gasteiger charge is 2.41. The molecule has 1 aromatic heterocycles. The van der Waals surface area contributed by atoms with E-state index in [4.69, 9.17) is 9.47 Å². The quantitative estimate of drug-likeness (QED) is 0.434. The molecule has 1 saturated heterocycles. The van der Waals surface area contributed by atoms with Gasteiger partial charge in [0.15, 0.2) is 5.79 Å². The summed E-state index contributed by atoms with van der Waals surface area (Å²) >= 11 is 1.84. The van der Waals surface area contributed by atoms with E-state index >= 15 is 0 Å². The second-order valence-corrected chi connectivity index (χ2v) is 9.39. The molecule has 0 spiro atoms. The first-order chi connectivity index (χ1) is 14.9. The van der Waals surface area contributed by atoms with Crippen molar-refractivity contribution in [3.63, 3.8) is 0 Å². The number of aryl methyl sites for hydroxylation is 4. The van der Waals surface area contributed by atoms with Crippen molar-refractivity contribution in [2.45, 2.75) is 56.9 Å². The summed E-state index contributed by atoms with van der Waals surface area (Å²) in [5.41, 5.74) is 4.98. The van der Waals surface area contributed by atoms with E-state index in [0.29, 0.717) is 19.6 Å². The zero-order valence-corrected chi connectivity index (χ0v) is 19.1. The molecule has 2 unspecified atom stereocenters. The molecule has 0 N–H and O–H groups in total. The smallest absolute Gasteiger partial charge is 0.187 e. The van der Waals surface area contributed by atoms with Gasteiger partial charge in [-0.05, 0) is 56.0 Å². The van der Waals surface area contributed by atoms with E-state index in [1.54, 1.807) is 12.5 Å². The van der Waals surface area contributed by atoms with Crippen LogP contribution in [0.4, 0.5) is 4.39 Å². The molecule has 164 valence electrons. The number of aromatic nitrogens is 2. The lowest BCUT2D eigenvalue weighted by Gasteiger charge is -2.28. The molecule has 0 amide bonds. The van der Waals surface area contributed by atoms with Crippen LogP contribution in [0, 0.1) is 26.6 Å². The number of halogens is 1. The van der Waals surface area contributed by atoms with Crippen molar-refractivity contribution >= 4 is 11.8 Å². The number of nitrogens with zero attached hydrogens (tertiary/aromatic N) is 2. The Hall–Kier alpha value is -2.15. The summed E-state index contributed by atoms with van der Waals surface area (Å²) < 4.78 is 28.1. The zero-order chi connectivity index (χ0) is 21.8. The largest absolute Gasteiger partial charge is 0.345 e. The lowest BCUT2D eigenvalue weighted by Crippen LogP contribution is -2.37. The first-order valence-electron chi connectivity index (χ1n) is 10.6. The topological polar surface area (TPSA) is 36.3 Å². The fourth-order valence-corrected chi connectivity index (χ4v) is 5.30. The van der Waals surface area contributed by atoms with Gasteiger partial charge in [-0.15, -0.1) is 11.8 Å². The Balaban J connectivity index is 1.43. The summed E-state index contributed by atoms with van der Waals surface area (Å²) in [6.07, 6.45) is 6.94. The number of thioether (sulfide) groups is 1. The highest BCUT2D eigenvalue weighted by molar-refractivity contribution is 7.99. The standard InChI is InChI=1S/C25H29FN2O2S/c1-18-12-19(2)24(20(3)13-18)31-15-23-14-29-25(30-23,16-28-11-10-27-17-28)9-8-21-4-6-22(26)7-5-21/h4-7,10-13,17,23H,8-9,14-16H2,1-3H3. The summed E-state index contributed by atoms with van der Waals surface area (Å²) in [5.74, 6) is -0.0889. The van der Waals surface area contributed by atoms with Crippen LogP contribution in [0.15, 0.2) is 60.0 Å². The van der Waals surface area contributed by atoms with E-state index in [2.05, 4.69) is 37.9 Å². The summed E-state index contributed by atoms with van der Waals surface area (Å²) in [5, 5.41) is 0. The number of hydrogen-bond donors (Lipinski definition) is 0. The Morgan fingerprint density at radius 3 is 2.58 bits per heavy atom. The second kappa shape index (κ2) is 9.55. The predicted molar refractivity (Wildman–Crippen MR) is 122 cm³/mol. The minimum Gasteiger partial charge on any atom is -0.345 e. The van der Waals surface area contributed by atoms with Gasteiger partial charge in [-0.1, -0.05) is 29.8 Å².